The van der Waals surface area contributed by atoms with E-state index >= 15 is 0 Å². The molecule has 2 rings (SSSR count). The van der Waals surface area contributed by atoms with Gasteiger partial charge in [-0.3, -0.25) is 4.90 Å². The minimum atomic E-state index is -4.09. The van der Waals surface area contributed by atoms with Crippen LogP contribution < -0.4 is 0 Å². The van der Waals surface area contributed by atoms with Crippen LogP contribution in [0.1, 0.15) is 19.8 Å². The maximum Gasteiger partial charge on any atom is 0.401 e. The third-order valence-electron chi connectivity index (χ3n) is 3.27. The Morgan fingerprint density at radius 3 is 2.20 bits per heavy atom. The molecule has 0 aromatic rings. The second-order valence-corrected chi connectivity index (χ2v) is 4.71. The molecule has 0 N–H and O–H groups in total. The number of hydrogen-bond acceptors (Lipinski definition) is 2. The average molecular weight is 223 g/mol. The van der Waals surface area contributed by atoms with Crippen molar-refractivity contribution in [3.05, 3.63) is 0 Å². The summed E-state index contributed by atoms with van der Waals surface area (Å²) in [4.78, 5) is 1.59. The smallest absolute Gasteiger partial charge is 0.378 e. The highest BCUT2D eigenvalue weighted by atomic mass is 19.4. The zero-order chi connectivity index (χ0) is 11.1. The summed E-state index contributed by atoms with van der Waals surface area (Å²) in [5.41, 5.74) is 0. The lowest BCUT2D eigenvalue weighted by atomic mass is 9.86. The molecule has 2 nitrogen and oxygen atoms in total. The number of morpholine rings is 1. The van der Waals surface area contributed by atoms with Crippen LogP contribution in [-0.2, 0) is 4.74 Å². The van der Waals surface area contributed by atoms with E-state index in [0.29, 0.717) is 19.1 Å². The first kappa shape index (κ1) is 11.2. The molecular formula is C10H16F3NO. The number of halogens is 3. The molecule has 2 bridgehead atoms. The summed E-state index contributed by atoms with van der Waals surface area (Å²) in [5, 5.41) is 0. The normalized spacial score (nSPS) is 38.0. The molecule has 2 saturated heterocycles. The van der Waals surface area contributed by atoms with E-state index in [9.17, 15) is 13.2 Å². The van der Waals surface area contributed by atoms with Gasteiger partial charge < -0.3 is 4.74 Å². The molecule has 2 fully saturated rings. The van der Waals surface area contributed by atoms with E-state index in [4.69, 9.17) is 4.74 Å². The molecule has 0 aromatic heterocycles. The van der Waals surface area contributed by atoms with Crippen LogP contribution in [0.3, 0.4) is 0 Å². The van der Waals surface area contributed by atoms with Crippen LogP contribution in [0.2, 0.25) is 0 Å². The summed E-state index contributed by atoms with van der Waals surface area (Å²) in [5.74, 6) is 0.522. The Labute approximate surface area is 87.4 Å². The van der Waals surface area contributed by atoms with Gasteiger partial charge in [-0.2, -0.15) is 13.2 Å². The molecule has 0 spiro atoms. The molecule has 2 unspecified atom stereocenters. The molecule has 5 heteroatoms. The Kier molecular flexibility index (Phi) is 2.94. The second kappa shape index (κ2) is 3.94. The zero-order valence-corrected chi connectivity index (χ0v) is 8.76. The van der Waals surface area contributed by atoms with Crippen LogP contribution in [0.4, 0.5) is 13.2 Å². The topological polar surface area (TPSA) is 12.5 Å². The maximum absolute atomic E-state index is 12.4. The van der Waals surface area contributed by atoms with Crippen LogP contribution in [0.5, 0.6) is 0 Å². The van der Waals surface area contributed by atoms with Gasteiger partial charge in [0, 0.05) is 12.1 Å². The molecule has 0 radical (unpaired) electrons. The van der Waals surface area contributed by atoms with E-state index in [0.717, 1.165) is 12.8 Å². The van der Waals surface area contributed by atoms with Gasteiger partial charge in [0.2, 0.25) is 0 Å². The molecule has 0 amide bonds. The largest absolute Gasteiger partial charge is 0.401 e. The van der Waals surface area contributed by atoms with Gasteiger partial charge in [-0.25, -0.2) is 0 Å². The number of fused-ring (bicyclic) bond motifs is 2. The van der Waals surface area contributed by atoms with Crippen molar-refractivity contribution in [1.29, 1.82) is 0 Å². The van der Waals surface area contributed by atoms with Crippen molar-refractivity contribution < 1.29 is 17.9 Å². The van der Waals surface area contributed by atoms with E-state index in [-0.39, 0.29) is 12.1 Å². The summed E-state index contributed by atoms with van der Waals surface area (Å²) >= 11 is 0. The monoisotopic (exact) mass is 223 g/mol. The molecular weight excluding hydrogens is 207 g/mol. The predicted octanol–water partition coefficient (Wildman–Crippen LogP) is 2.05. The van der Waals surface area contributed by atoms with E-state index in [1.165, 1.54) is 0 Å². The van der Waals surface area contributed by atoms with Crippen LogP contribution in [0.25, 0.3) is 0 Å². The van der Waals surface area contributed by atoms with Crippen molar-refractivity contribution in [1.82, 2.24) is 4.90 Å². The summed E-state index contributed by atoms with van der Waals surface area (Å²) in [7, 11) is 0. The molecule has 0 saturated carbocycles. The van der Waals surface area contributed by atoms with E-state index in [1.807, 2.05) is 0 Å². The first-order chi connectivity index (χ1) is 6.96. The molecule has 0 aromatic carbocycles. The quantitative estimate of drug-likeness (QED) is 0.674. The fourth-order valence-electron chi connectivity index (χ4n) is 2.73. The number of rotatable bonds is 1. The third kappa shape index (κ3) is 2.64. The van der Waals surface area contributed by atoms with Crippen LogP contribution >= 0.6 is 0 Å². The lowest BCUT2D eigenvalue weighted by Gasteiger charge is -2.48. The lowest BCUT2D eigenvalue weighted by Crippen LogP contribution is -2.58. The number of nitrogens with zero attached hydrogens (tertiary/aromatic N) is 1. The highest BCUT2D eigenvalue weighted by Crippen LogP contribution is 2.33. The summed E-state index contributed by atoms with van der Waals surface area (Å²) in [6.45, 7) is 2.24. The Balaban J connectivity index is 2.04. The third-order valence-corrected chi connectivity index (χ3v) is 3.27. The number of piperidine rings is 1. The van der Waals surface area contributed by atoms with Crippen molar-refractivity contribution in [2.45, 2.75) is 38.0 Å². The van der Waals surface area contributed by atoms with Gasteiger partial charge in [-0.1, -0.05) is 6.92 Å². The van der Waals surface area contributed by atoms with Crippen LogP contribution in [0, 0.1) is 5.92 Å². The van der Waals surface area contributed by atoms with Gasteiger partial charge in [0.15, 0.2) is 0 Å². The molecule has 2 atom stereocenters. The average Bonchev–Trinajstić information content (AvgIpc) is 2.04. The maximum atomic E-state index is 12.4. The molecule has 0 aliphatic carbocycles. The second-order valence-electron chi connectivity index (χ2n) is 4.71. The van der Waals surface area contributed by atoms with Crippen molar-refractivity contribution in [3.8, 4) is 0 Å². The Bertz CT molecular complexity index is 217. The van der Waals surface area contributed by atoms with Gasteiger partial charge in [0.1, 0.15) is 0 Å². The standard InChI is InChI=1S/C10H16F3NO/c1-7-2-8-4-15-5-9(3-7)14(8)6-10(11,12)13/h7-9H,2-6H2,1H3. The van der Waals surface area contributed by atoms with Crippen molar-refractivity contribution in [3.63, 3.8) is 0 Å². The molecule has 2 aliphatic heterocycles. The summed E-state index contributed by atoms with van der Waals surface area (Å²) in [6, 6.07) is -0.0664. The fraction of sp³-hybridized carbons (Fsp3) is 1.00. The highest BCUT2D eigenvalue weighted by molar-refractivity contribution is 4.91. The van der Waals surface area contributed by atoms with E-state index in [1.54, 1.807) is 4.90 Å². The van der Waals surface area contributed by atoms with Gasteiger partial charge in [-0.15, -0.1) is 0 Å². The first-order valence-corrected chi connectivity index (χ1v) is 5.36. The van der Waals surface area contributed by atoms with Gasteiger partial charge in [0.05, 0.1) is 19.8 Å². The Morgan fingerprint density at radius 1 is 1.20 bits per heavy atom. The predicted molar refractivity (Wildman–Crippen MR) is 49.6 cm³/mol. The lowest BCUT2D eigenvalue weighted by molar-refractivity contribution is -0.183. The molecule has 2 aliphatic rings. The van der Waals surface area contributed by atoms with Crippen molar-refractivity contribution >= 4 is 0 Å². The number of ether oxygens (including phenoxy) is 1. The minimum Gasteiger partial charge on any atom is -0.378 e. The highest BCUT2D eigenvalue weighted by Gasteiger charge is 2.43. The van der Waals surface area contributed by atoms with E-state index < -0.39 is 12.7 Å². The van der Waals surface area contributed by atoms with E-state index in [2.05, 4.69) is 6.92 Å². The van der Waals surface area contributed by atoms with Crippen molar-refractivity contribution in [2.24, 2.45) is 5.92 Å². The van der Waals surface area contributed by atoms with Gasteiger partial charge >= 0.3 is 6.18 Å². The molecule has 2 heterocycles. The van der Waals surface area contributed by atoms with Crippen LogP contribution in [0.15, 0.2) is 0 Å². The van der Waals surface area contributed by atoms with Crippen LogP contribution in [-0.4, -0.2) is 42.9 Å². The number of alkyl halides is 3. The first-order valence-electron chi connectivity index (χ1n) is 5.36. The van der Waals surface area contributed by atoms with Crippen molar-refractivity contribution in [2.75, 3.05) is 19.8 Å². The molecule has 88 valence electrons. The van der Waals surface area contributed by atoms with Gasteiger partial charge in [-0.05, 0) is 18.8 Å². The zero-order valence-electron chi connectivity index (χ0n) is 8.76. The fourth-order valence-corrected chi connectivity index (χ4v) is 2.73. The SMILES string of the molecule is CC1CC2COCC(C1)N2CC(F)(F)F. The summed E-state index contributed by atoms with van der Waals surface area (Å²) < 4.78 is 42.4. The minimum absolute atomic E-state index is 0.0332. The summed E-state index contributed by atoms with van der Waals surface area (Å²) in [6.07, 6.45) is -2.44. The number of hydrogen-bond donors (Lipinski definition) is 0. The van der Waals surface area contributed by atoms with Gasteiger partial charge in [0.25, 0.3) is 0 Å². The molecule has 15 heavy (non-hydrogen) atoms. The Hall–Kier alpha value is -0.290. The Morgan fingerprint density at radius 2 is 1.73 bits per heavy atom.